The predicted octanol–water partition coefficient (Wildman–Crippen LogP) is 2.90. The highest BCUT2D eigenvalue weighted by molar-refractivity contribution is 5.56. The molecule has 0 aromatic heterocycles. The molecule has 0 saturated carbocycles. The SMILES string of the molecule is COCC1CCCN(Cc2cccc3c2CCCN3)C1. The highest BCUT2D eigenvalue weighted by atomic mass is 16.5. The number of methoxy groups -OCH3 is 1. The molecule has 1 aromatic carbocycles. The van der Waals surface area contributed by atoms with Gasteiger partial charge in [0.25, 0.3) is 0 Å². The zero-order valence-electron chi connectivity index (χ0n) is 12.5. The number of piperidine rings is 1. The lowest BCUT2D eigenvalue weighted by Gasteiger charge is -2.33. The largest absolute Gasteiger partial charge is 0.385 e. The summed E-state index contributed by atoms with van der Waals surface area (Å²) in [6, 6.07) is 6.73. The van der Waals surface area contributed by atoms with Gasteiger partial charge in [-0.2, -0.15) is 0 Å². The smallest absolute Gasteiger partial charge is 0.0502 e. The molecule has 0 aliphatic carbocycles. The van der Waals surface area contributed by atoms with Crippen molar-refractivity contribution in [2.75, 3.05) is 38.7 Å². The highest BCUT2D eigenvalue weighted by Crippen LogP contribution is 2.27. The minimum absolute atomic E-state index is 0.714. The number of hydrogen-bond donors (Lipinski definition) is 1. The lowest BCUT2D eigenvalue weighted by molar-refractivity contribution is 0.0872. The number of nitrogens with zero attached hydrogens (tertiary/aromatic N) is 1. The first kappa shape index (κ1) is 13.9. The fraction of sp³-hybridized carbons (Fsp3) is 0.647. The van der Waals surface area contributed by atoms with E-state index in [0.717, 1.165) is 19.7 Å². The van der Waals surface area contributed by atoms with Crippen molar-refractivity contribution in [1.82, 2.24) is 4.90 Å². The molecule has 3 nitrogen and oxygen atoms in total. The highest BCUT2D eigenvalue weighted by Gasteiger charge is 2.21. The van der Waals surface area contributed by atoms with Crippen molar-refractivity contribution in [2.45, 2.75) is 32.2 Å². The van der Waals surface area contributed by atoms with Gasteiger partial charge < -0.3 is 10.1 Å². The molecule has 3 rings (SSSR count). The van der Waals surface area contributed by atoms with Crippen LogP contribution < -0.4 is 5.32 Å². The maximum Gasteiger partial charge on any atom is 0.0502 e. The second-order valence-corrected chi connectivity index (χ2v) is 6.17. The summed E-state index contributed by atoms with van der Waals surface area (Å²) >= 11 is 0. The molecule has 0 bridgehead atoms. The first-order valence-electron chi connectivity index (χ1n) is 7.93. The van der Waals surface area contributed by atoms with Gasteiger partial charge in [0.05, 0.1) is 6.61 Å². The summed E-state index contributed by atoms with van der Waals surface area (Å²) in [7, 11) is 1.82. The van der Waals surface area contributed by atoms with E-state index in [1.807, 2.05) is 7.11 Å². The number of hydrogen-bond acceptors (Lipinski definition) is 3. The molecule has 2 aliphatic heterocycles. The Morgan fingerprint density at radius 1 is 1.35 bits per heavy atom. The Kier molecular flexibility index (Phi) is 4.58. The zero-order chi connectivity index (χ0) is 13.8. The summed E-state index contributed by atoms with van der Waals surface area (Å²) in [5.41, 5.74) is 4.43. The van der Waals surface area contributed by atoms with Crippen molar-refractivity contribution in [1.29, 1.82) is 0 Å². The van der Waals surface area contributed by atoms with Crippen LogP contribution in [0.5, 0.6) is 0 Å². The summed E-state index contributed by atoms with van der Waals surface area (Å²) in [6.45, 7) is 5.55. The van der Waals surface area contributed by atoms with Gasteiger partial charge in [0.1, 0.15) is 0 Å². The Morgan fingerprint density at radius 3 is 3.20 bits per heavy atom. The van der Waals surface area contributed by atoms with Crippen molar-refractivity contribution < 1.29 is 4.74 Å². The van der Waals surface area contributed by atoms with E-state index >= 15 is 0 Å². The third-order valence-electron chi connectivity index (χ3n) is 4.59. The lowest BCUT2D eigenvalue weighted by atomic mass is 9.95. The van der Waals surface area contributed by atoms with E-state index in [-0.39, 0.29) is 0 Å². The molecule has 110 valence electrons. The monoisotopic (exact) mass is 274 g/mol. The second-order valence-electron chi connectivity index (χ2n) is 6.17. The Labute approximate surface area is 122 Å². The molecule has 1 aromatic rings. The van der Waals surface area contributed by atoms with Gasteiger partial charge in [-0.1, -0.05) is 12.1 Å². The Bertz CT molecular complexity index is 445. The van der Waals surface area contributed by atoms with Crippen molar-refractivity contribution >= 4 is 5.69 Å². The zero-order valence-corrected chi connectivity index (χ0v) is 12.5. The van der Waals surface area contributed by atoms with Crippen LogP contribution in [-0.4, -0.2) is 38.3 Å². The number of fused-ring (bicyclic) bond motifs is 1. The minimum Gasteiger partial charge on any atom is -0.385 e. The van der Waals surface area contributed by atoms with E-state index in [4.69, 9.17) is 4.74 Å². The molecule has 20 heavy (non-hydrogen) atoms. The average molecular weight is 274 g/mol. The van der Waals surface area contributed by atoms with Gasteiger partial charge in [0.15, 0.2) is 0 Å². The van der Waals surface area contributed by atoms with E-state index in [0.29, 0.717) is 5.92 Å². The Hall–Kier alpha value is -1.06. The first-order chi connectivity index (χ1) is 9.86. The standard InChI is InChI=1S/C17H26N2O/c1-20-13-14-5-4-10-19(11-14)12-15-6-2-8-17-16(15)7-3-9-18-17/h2,6,8,14,18H,3-5,7,9-13H2,1H3. The normalized spacial score (nSPS) is 23.1. The number of nitrogens with one attached hydrogen (secondary N) is 1. The third-order valence-corrected chi connectivity index (χ3v) is 4.59. The van der Waals surface area contributed by atoms with Gasteiger partial charge in [0, 0.05) is 32.4 Å². The molecule has 1 fully saturated rings. The average Bonchev–Trinajstić information content (AvgIpc) is 2.48. The van der Waals surface area contributed by atoms with Gasteiger partial charge in [-0.05, 0) is 55.3 Å². The van der Waals surface area contributed by atoms with E-state index < -0.39 is 0 Å². The molecule has 2 heterocycles. The summed E-state index contributed by atoms with van der Waals surface area (Å²) in [6.07, 6.45) is 5.12. The number of likely N-dealkylation sites (tertiary alicyclic amines) is 1. The van der Waals surface area contributed by atoms with E-state index in [1.165, 1.54) is 50.0 Å². The fourth-order valence-electron chi connectivity index (χ4n) is 3.64. The van der Waals surface area contributed by atoms with Crippen molar-refractivity contribution in [3.8, 4) is 0 Å². The molecule has 1 atom stereocenters. The van der Waals surface area contributed by atoms with Crippen LogP contribution in [-0.2, 0) is 17.7 Å². The predicted molar refractivity (Wildman–Crippen MR) is 83.1 cm³/mol. The summed E-state index contributed by atoms with van der Waals surface area (Å²) in [4.78, 5) is 2.61. The van der Waals surface area contributed by atoms with Gasteiger partial charge in [-0.25, -0.2) is 0 Å². The summed E-state index contributed by atoms with van der Waals surface area (Å²) < 4.78 is 5.33. The molecule has 1 saturated heterocycles. The minimum atomic E-state index is 0.714. The third kappa shape index (κ3) is 3.15. The topological polar surface area (TPSA) is 24.5 Å². The van der Waals surface area contributed by atoms with Gasteiger partial charge in [0.2, 0.25) is 0 Å². The van der Waals surface area contributed by atoms with Crippen LogP contribution in [0.3, 0.4) is 0 Å². The van der Waals surface area contributed by atoms with E-state index in [1.54, 1.807) is 5.56 Å². The van der Waals surface area contributed by atoms with Crippen molar-refractivity contribution in [3.05, 3.63) is 29.3 Å². The van der Waals surface area contributed by atoms with E-state index in [2.05, 4.69) is 28.4 Å². The Balaban J connectivity index is 1.68. The summed E-state index contributed by atoms with van der Waals surface area (Å²) in [5, 5.41) is 3.53. The van der Waals surface area contributed by atoms with Crippen molar-refractivity contribution in [3.63, 3.8) is 0 Å². The van der Waals surface area contributed by atoms with Crippen LogP contribution in [0.2, 0.25) is 0 Å². The number of rotatable bonds is 4. The van der Waals surface area contributed by atoms with Crippen LogP contribution in [0.1, 0.15) is 30.4 Å². The number of benzene rings is 1. The number of ether oxygens (including phenoxy) is 1. The van der Waals surface area contributed by atoms with Crippen LogP contribution in [0.15, 0.2) is 18.2 Å². The van der Waals surface area contributed by atoms with Gasteiger partial charge >= 0.3 is 0 Å². The van der Waals surface area contributed by atoms with Crippen LogP contribution >= 0.6 is 0 Å². The van der Waals surface area contributed by atoms with Gasteiger partial charge in [-0.3, -0.25) is 4.90 Å². The Morgan fingerprint density at radius 2 is 2.30 bits per heavy atom. The number of anilines is 1. The van der Waals surface area contributed by atoms with Gasteiger partial charge in [-0.15, -0.1) is 0 Å². The van der Waals surface area contributed by atoms with E-state index in [9.17, 15) is 0 Å². The molecule has 2 aliphatic rings. The van der Waals surface area contributed by atoms with Crippen LogP contribution in [0.4, 0.5) is 5.69 Å². The molecule has 0 amide bonds. The van der Waals surface area contributed by atoms with Crippen molar-refractivity contribution in [2.24, 2.45) is 5.92 Å². The quantitative estimate of drug-likeness (QED) is 0.913. The maximum atomic E-state index is 5.33. The molecule has 0 spiro atoms. The summed E-state index contributed by atoms with van der Waals surface area (Å²) in [5.74, 6) is 0.714. The maximum absolute atomic E-state index is 5.33. The van der Waals surface area contributed by atoms with Crippen LogP contribution in [0, 0.1) is 5.92 Å². The first-order valence-corrected chi connectivity index (χ1v) is 7.93. The second kappa shape index (κ2) is 6.59. The lowest BCUT2D eigenvalue weighted by Crippen LogP contribution is -2.36. The molecule has 1 unspecified atom stereocenters. The fourth-order valence-corrected chi connectivity index (χ4v) is 3.64. The molecule has 1 N–H and O–H groups in total. The molecular weight excluding hydrogens is 248 g/mol. The molecule has 0 radical (unpaired) electrons. The molecular formula is C17H26N2O. The van der Waals surface area contributed by atoms with Crippen LogP contribution in [0.25, 0.3) is 0 Å². The molecule has 3 heteroatoms.